The first kappa shape index (κ1) is 28.0. The van der Waals surface area contributed by atoms with Crippen molar-refractivity contribution in [1.82, 2.24) is 10.2 Å². The molecule has 0 bridgehead atoms. The number of hydrogen-bond donors (Lipinski definition) is 6. The molecule has 2 amide bonds. The second kappa shape index (κ2) is 9.27. The number of carbonyl (C=O) groups is 3. The van der Waals surface area contributed by atoms with Crippen LogP contribution in [0.4, 0.5) is 14.5 Å². The van der Waals surface area contributed by atoms with Crippen molar-refractivity contribution in [3.8, 4) is 5.75 Å². The number of aliphatic hydroxyl groups is 2. The molecule has 4 aliphatic rings. The number of alkyl halides is 1. The topological polar surface area (TPSA) is 165 Å². The number of aliphatic hydroxyl groups excluding tert-OH is 2. The summed E-state index contributed by atoms with van der Waals surface area (Å²) in [7, 11) is 3.47. The van der Waals surface area contributed by atoms with Gasteiger partial charge < -0.3 is 31.7 Å². The number of nitrogens with zero attached hydrogens (tertiary/aromatic N) is 1. The number of rotatable bonds is 7. The molecule has 7 N–H and O–H groups in total. The first-order chi connectivity index (χ1) is 18.8. The molecule has 12 heteroatoms. The maximum atomic E-state index is 15.4. The first-order valence-corrected chi connectivity index (χ1v) is 13.3. The Balaban J connectivity index is 1.62. The molecule has 1 aromatic carbocycles. The first-order valence-electron chi connectivity index (χ1n) is 13.3. The molecule has 0 aliphatic heterocycles. The van der Waals surface area contributed by atoms with Gasteiger partial charge in [0.15, 0.2) is 11.5 Å². The van der Waals surface area contributed by atoms with Crippen LogP contribution in [0, 0.1) is 34.4 Å². The molecule has 6 atom stereocenters. The van der Waals surface area contributed by atoms with E-state index >= 15 is 4.39 Å². The summed E-state index contributed by atoms with van der Waals surface area (Å²) in [5.41, 5.74) is 2.96. The quantitative estimate of drug-likeness (QED) is 0.218. The SMILES string of the molecule is CC1C2(C)C(C(N)=O)=C(O)[C@@H](N(C)C)[C@@H]3C[C@@H]4Cc5c(F)cc(NC(=O)CNCCF)c(O)c5C(=O)C4=C(O)[C@@]132. The summed E-state index contributed by atoms with van der Waals surface area (Å²) in [4.78, 5) is 40.5. The monoisotopic (exact) mass is 560 g/mol. The van der Waals surface area contributed by atoms with E-state index in [1.54, 1.807) is 25.9 Å². The van der Waals surface area contributed by atoms with Crippen molar-refractivity contribution in [2.45, 2.75) is 32.7 Å². The third kappa shape index (κ3) is 3.41. The van der Waals surface area contributed by atoms with Crippen molar-refractivity contribution in [1.29, 1.82) is 0 Å². The highest BCUT2D eigenvalue weighted by Gasteiger charge is 2.83. The van der Waals surface area contributed by atoms with Gasteiger partial charge >= 0.3 is 0 Å². The zero-order valence-electron chi connectivity index (χ0n) is 22.8. The molecule has 0 heterocycles. The van der Waals surface area contributed by atoms with Crippen molar-refractivity contribution in [3.63, 3.8) is 0 Å². The number of phenolic OH excluding ortho intramolecular Hbond substituents is 1. The van der Waals surface area contributed by atoms with E-state index in [1.807, 2.05) is 6.92 Å². The van der Waals surface area contributed by atoms with Crippen molar-refractivity contribution in [2.75, 3.05) is 39.2 Å². The normalized spacial score (nSPS) is 32.3. The predicted molar refractivity (Wildman–Crippen MR) is 141 cm³/mol. The number of allylic oxidation sites excluding steroid dienone is 2. The number of nitrogens with two attached hydrogens (primary N) is 1. The summed E-state index contributed by atoms with van der Waals surface area (Å²) >= 11 is 0. The fourth-order valence-electron chi connectivity index (χ4n) is 8.17. The molecule has 1 fully saturated rings. The van der Waals surface area contributed by atoms with Gasteiger partial charge in [0.2, 0.25) is 11.8 Å². The molecule has 2 unspecified atom stereocenters. The highest BCUT2D eigenvalue weighted by molar-refractivity contribution is 6.15. The van der Waals surface area contributed by atoms with Crippen molar-refractivity contribution in [3.05, 3.63) is 45.7 Å². The standard InChI is InChI=1S/C28H34F2N4O6/c1-11-27(2)20(26(31)40)24(38)21(34(3)4)14-8-12-7-13-15(30)9-16(33-17(35)10-32-6-5-29)22(36)19(13)23(37)18(12)25(39)28(11,14)27/h9,11-12,14,21,32,36,38-39H,5-8,10H2,1-4H3,(H2,31,40)(H,33,35)/t11?,12-,14-,21-,27?,28+/m0/s1. The molecule has 1 saturated carbocycles. The number of benzene rings is 1. The lowest BCUT2D eigenvalue weighted by Gasteiger charge is -2.49. The van der Waals surface area contributed by atoms with E-state index in [4.69, 9.17) is 5.73 Å². The molecule has 5 rings (SSSR count). The van der Waals surface area contributed by atoms with E-state index in [0.717, 1.165) is 6.07 Å². The van der Waals surface area contributed by atoms with Crippen LogP contribution in [-0.4, -0.2) is 77.7 Å². The van der Waals surface area contributed by atoms with Crippen LogP contribution in [0.1, 0.15) is 36.2 Å². The van der Waals surface area contributed by atoms with Gasteiger partial charge in [0, 0.05) is 34.6 Å². The average Bonchev–Trinajstić information content (AvgIpc) is 3.36. The van der Waals surface area contributed by atoms with Crippen LogP contribution in [0.25, 0.3) is 0 Å². The van der Waals surface area contributed by atoms with Crippen LogP contribution in [-0.2, 0) is 16.0 Å². The summed E-state index contributed by atoms with van der Waals surface area (Å²) in [5.74, 6) is -5.46. The van der Waals surface area contributed by atoms with Crippen LogP contribution >= 0.6 is 0 Å². The average molecular weight is 561 g/mol. The minimum Gasteiger partial charge on any atom is -0.511 e. The van der Waals surface area contributed by atoms with Crippen molar-refractivity contribution in [2.24, 2.45) is 34.3 Å². The summed E-state index contributed by atoms with van der Waals surface area (Å²) in [5, 5.41) is 39.1. The third-order valence-electron chi connectivity index (χ3n) is 9.85. The van der Waals surface area contributed by atoms with Gasteiger partial charge in [0.05, 0.1) is 29.4 Å². The van der Waals surface area contributed by atoms with Crippen molar-refractivity contribution < 1.29 is 38.5 Å². The van der Waals surface area contributed by atoms with E-state index in [-0.39, 0.29) is 64.9 Å². The Morgan fingerprint density at radius 3 is 2.52 bits per heavy atom. The summed E-state index contributed by atoms with van der Waals surface area (Å²) in [6.07, 6.45) is 0.305. The number of aromatic hydroxyl groups is 1. The zero-order valence-corrected chi connectivity index (χ0v) is 22.8. The summed E-state index contributed by atoms with van der Waals surface area (Å²) in [6, 6.07) is 0.257. The number of Topliss-reactive ketones (excluding diaryl/α,β-unsaturated/α-hetero) is 1. The fourth-order valence-corrected chi connectivity index (χ4v) is 8.17. The van der Waals surface area contributed by atoms with Gasteiger partial charge in [-0.3, -0.25) is 19.3 Å². The van der Waals surface area contributed by atoms with Gasteiger partial charge in [0.25, 0.3) is 0 Å². The molecular weight excluding hydrogens is 526 g/mol. The number of halogens is 2. The van der Waals surface area contributed by atoms with Gasteiger partial charge in [-0.15, -0.1) is 0 Å². The van der Waals surface area contributed by atoms with E-state index in [1.165, 1.54) is 0 Å². The third-order valence-corrected chi connectivity index (χ3v) is 9.85. The van der Waals surface area contributed by atoms with Crippen LogP contribution in [0.5, 0.6) is 5.75 Å². The number of anilines is 1. The van der Waals surface area contributed by atoms with Gasteiger partial charge in [-0.2, -0.15) is 0 Å². The maximum Gasteiger partial charge on any atom is 0.248 e. The Morgan fingerprint density at radius 2 is 1.93 bits per heavy atom. The highest BCUT2D eigenvalue weighted by atomic mass is 19.1. The second-order valence-corrected chi connectivity index (χ2v) is 11.7. The Labute approximate surface area is 229 Å². The maximum absolute atomic E-state index is 15.4. The second-order valence-electron chi connectivity index (χ2n) is 11.7. The fraction of sp³-hybridized carbons (Fsp3) is 0.536. The molecule has 0 radical (unpaired) electrons. The van der Waals surface area contributed by atoms with Crippen LogP contribution in [0.2, 0.25) is 0 Å². The number of nitrogens with one attached hydrogen (secondary N) is 2. The molecule has 0 saturated heterocycles. The number of amides is 2. The Morgan fingerprint density at radius 1 is 1.25 bits per heavy atom. The van der Waals surface area contributed by atoms with Gasteiger partial charge in [-0.1, -0.05) is 13.8 Å². The largest absolute Gasteiger partial charge is 0.511 e. The highest BCUT2D eigenvalue weighted by Crippen LogP contribution is 2.83. The van der Waals surface area contributed by atoms with Crippen LogP contribution in [0.3, 0.4) is 0 Å². The Bertz CT molecular complexity index is 1410. The predicted octanol–water partition coefficient (Wildman–Crippen LogP) is 2.10. The van der Waals surface area contributed by atoms with E-state index in [9.17, 15) is 34.1 Å². The van der Waals surface area contributed by atoms with E-state index < -0.39 is 64.5 Å². The number of likely N-dealkylation sites (N-methyl/N-ethyl adjacent to an activating group) is 1. The minimum atomic E-state index is -1.08. The van der Waals surface area contributed by atoms with E-state index in [2.05, 4.69) is 10.6 Å². The lowest BCUT2D eigenvalue weighted by Crippen LogP contribution is -2.52. The molecule has 40 heavy (non-hydrogen) atoms. The summed E-state index contributed by atoms with van der Waals surface area (Å²) in [6.45, 7) is 2.53. The number of fused-ring (bicyclic) bond motifs is 2. The number of primary amides is 1. The number of phenols is 1. The molecule has 216 valence electrons. The van der Waals surface area contributed by atoms with Crippen LogP contribution in [0.15, 0.2) is 28.7 Å². The molecule has 1 spiro atoms. The smallest absolute Gasteiger partial charge is 0.248 e. The van der Waals surface area contributed by atoms with Crippen LogP contribution < -0.4 is 16.4 Å². The van der Waals surface area contributed by atoms with Gasteiger partial charge in [0.1, 0.15) is 24.0 Å². The Kier molecular flexibility index (Phi) is 6.50. The molecule has 1 aromatic rings. The van der Waals surface area contributed by atoms with Crippen molar-refractivity contribution >= 4 is 23.3 Å². The van der Waals surface area contributed by atoms with Gasteiger partial charge in [-0.25, -0.2) is 8.78 Å². The molecular formula is C28H34F2N4O6. The lowest BCUT2D eigenvalue weighted by molar-refractivity contribution is -0.116. The number of ketones is 1. The molecule has 10 nitrogen and oxygen atoms in total. The molecule has 0 aromatic heterocycles. The zero-order chi connectivity index (χ0) is 29.5. The van der Waals surface area contributed by atoms with Gasteiger partial charge in [-0.05, 0) is 44.7 Å². The summed E-state index contributed by atoms with van der Waals surface area (Å²) < 4.78 is 27.7. The Hall–Kier alpha value is -3.51. The lowest BCUT2D eigenvalue weighted by atomic mass is 9.58. The minimum absolute atomic E-state index is 0.00286. The molecule has 4 aliphatic carbocycles. The van der Waals surface area contributed by atoms with E-state index in [0.29, 0.717) is 6.42 Å². The number of carbonyl (C=O) groups excluding carboxylic acids is 3. The number of hydrogen-bond acceptors (Lipinski definition) is 8.